The molecule has 0 N–H and O–H groups in total. The maximum atomic E-state index is 11.7. The number of hydrogen-bond acceptors (Lipinski definition) is 3. The highest BCUT2D eigenvalue weighted by Gasteiger charge is 2.14. The van der Waals surface area contributed by atoms with Crippen LogP contribution in [-0.2, 0) is 5.88 Å². The summed E-state index contributed by atoms with van der Waals surface area (Å²) < 4.78 is 27.7. The molecule has 0 fully saturated rings. The van der Waals surface area contributed by atoms with Gasteiger partial charge in [-0.05, 0) is 0 Å². The predicted molar refractivity (Wildman–Crippen MR) is 28.8 cm³/mol. The lowest BCUT2D eigenvalue weighted by molar-refractivity contribution is 0.136. The number of halogens is 3. The normalized spacial score (nSPS) is 10.8. The Bertz CT molecular complexity index is 215. The molecule has 1 aromatic rings. The Labute approximate surface area is 60.0 Å². The summed E-state index contributed by atoms with van der Waals surface area (Å²) in [6, 6.07) is 0. The van der Waals surface area contributed by atoms with Crippen LogP contribution in [0.3, 0.4) is 0 Å². The van der Waals surface area contributed by atoms with Crippen molar-refractivity contribution < 1.29 is 13.3 Å². The lowest BCUT2D eigenvalue weighted by atomic mass is 10.6. The minimum Gasteiger partial charge on any atom is -0.338 e. The fourth-order valence-corrected chi connectivity index (χ4v) is 0.520. The smallest absolute Gasteiger partial charge is 0.300 e. The van der Waals surface area contributed by atoms with Crippen LogP contribution in [0.25, 0.3) is 0 Å². The zero-order valence-electron chi connectivity index (χ0n) is 4.72. The molecule has 10 heavy (non-hydrogen) atoms. The van der Waals surface area contributed by atoms with Gasteiger partial charge < -0.3 is 4.52 Å². The summed E-state index contributed by atoms with van der Waals surface area (Å²) in [6.07, 6.45) is -2.69. The molecule has 0 atom stereocenters. The molecule has 0 aliphatic carbocycles. The second-order valence-corrected chi connectivity index (χ2v) is 1.75. The first kappa shape index (κ1) is 7.40. The molecule has 0 aromatic carbocycles. The second-order valence-electron chi connectivity index (χ2n) is 1.48. The quantitative estimate of drug-likeness (QED) is 0.632. The fraction of sp³-hybridized carbons (Fsp3) is 0.500. The SMILES string of the molecule is FC(F)c1noc(CCl)n1. The Morgan fingerprint density at radius 1 is 1.60 bits per heavy atom. The molecular formula is C4H3ClF2N2O. The van der Waals surface area contributed by atoms with Gasteiger partial charge >= 0.3 is 6.43 Å². The van der Waals surface area contributed by atoms with E-state index in [0.29, 0.717) is 0 Å². The third-order valence-corrected chi connectivity index (χ3v) is 1.02. The van der Waals surface area contributed by atoms with Crippen LogP contribution in [0.4, 0.5) is 8.78 Å². The van der Waals surface area contributed by atoms with E-state index in [1.165, 1.54) is 0 Å². The molecule has 0 unspecified atom stereocenters. The van der Waals surface area contributed by atoms with Crippen LogP contribution in [0.1, 0.15) is 18.1 Å². The van der Waals surface area contributed by atoms with Crippen LogP contribution >= 0.6 is 11.6 Å². The van der Waals surface area contributed by atoms with Crippen LogP contribution in [0, 0.1) is 0 Å². The van der Waals surface area contributed by atoms with Crippen molar-refractivity contribution >= 4 is 11.6 Å². The molecule has 3 nitrogen and oxygen atoms in total. The maximum absolute atomic E-state index is 11.7. The number of hydrogen-bond donors (Lipinski definition) is 0. The molecule has 0 bridgehead atoms. The average molecular weight is 169 g/mol. The Hall–Kier alpha value is -0.710. The van der Waals surface area contributed by atoms with E-state index in [1.807, 2.05) is 0 Å². The first-order valence-electron chi connectivity index (χ1n) is 2.40. The summed E-state index contributed by atoms with van der Waals surface area (Å²) in [4.78, 5) is 3.27. The van der Waals surface area contributed by atoms with E-state index in [0.717, 1.165) is 0 Å². The van der Waals surface area contributed by atoms with E-state index in [1.54, 1.807) is 0 Å². The molecule has 0 aliphatic rings. The monoisotopic (exact) mass is 168 g/mol. The summed E-state index contributed by atoms with van der Waals surface area (Å²) in [6.45, 7) is 0. The molecule has 1 heterocycles. The minimum absolute atomic E-state index is 0.0111. The van der Waals surface area contributed by atoms with E-state index in [9.17, 15) is 8.78 Å². The van der Waals surface area contributed by atoms with Crippen LogP contribution in [-0.4, -0.2) is 10.1 Å². The Morgan fingerprint density at radius 2 is 2.30 bits per heavy atom. The van der Waals surface area contributed by atoms with Gasteiger partial charge in [0, 0.05) is 0 Å². The van der Waals surface area contributed by atoms with Gasteiger partial charge in [-0.3, -0.25) is 0 Å². The predicted octanol–water partition coefficient (Wildman–Crippen LogP) is 1.75. The van der Waals surface area contributed by atoms with Gasteiger partial charge in [-0.15, -0.1) is 11.6 Å². The first-order valence-corrected chi connectivity index (χ1v) is 2.94. The van der Waals surface area contributed by atoms with Crippen molar-refractivity contribution in [3.05, 3.63) is 11.7 Å². The van der Waals surface area contributed by atoms with Crippen molar-refractivity contribution in [2.45, 2.75) is 12.3 Å². The molecule has 1 rings (SSSR count). The number of nitrogens with zero attached hydrogens (tertiary/aromatic N) is 2. The van der Waals surface area contributed by atoms with E-state index in [2.05, 4.69) is 14.7 Å². The zero-order chi connectivity index (χ0) is 7.56. The van der Waals surface area contributed by atoms with Crippen LogP contribution in [0.5, 0.6) is 0 Å². The van der Waals surface area contributed by atoms with Crippen LogP contribution in [0.15, 0.2) is 4.52 Å². The largest absolute Gasteiger partial charge is 0.338 e. The van der Waals surface area contributed by atoms with E-state index in [-0.39, 0.29) is 11.8 Å². The van der Waals surface area contributed by atoms with Crippen molar-refractivity contribution in [1.82, 2.24) is 10.1 Å². The average Bonchev–Trinajstić information content (AvgIpc) is 2.34. The number of alkyl halides is 3. The maximum Gasteiger partial charge on any atom is 0.300 e. The van der Waals surface area contributed by atoms with E-state index in [4.69, 9.17) is 11.6 Å². The Kier molecular flexibility index (Phi) is 2.16. The van der Waals surface area contributed by atoms with Crippen molar-refractivity contribution in [3.63, 3.8) is 0 Å². The van der Waals surface area contributed by atoms with Crippen LogP contribution < -0.4 is 0 Å². The molecule has 0 spiro atoms. The van der Waals surface area contributed by atoms with Crippen molar-refractivity contribution in [3.8, 4) is 0 Å². The minimum atomic E-state index is -2.69. The topological polar surface area (TPSA) is 38.9 Å². The van der Waals surface area contributed by atoms with Crippen molar-refractivity contribution in [1.29, 1.82) is 0 Å². The van der Waals surface area contributed by atoms with Gasteiger partial charge in [0.25, 0.3) is 0 Å². The van der Waals surface area contributed by atoms with Crippen LogP contribution in [0.2, 0.25) is 0 Å². The van der Waals surface area contributed by atoms with E-state index >= 15 is 0 Å². The Balaban J connectivity index is 2.78. The number of rotatable bonds is 2. The fourth-order valence-electron chi connectivity index (χ4n) is 0.411. The first-order chi connectivity index (χ1) is 4.74. The third-order valence-electron chi connectivity index (χ3n) is 0.793. The lowest BCUT2D eigenvalue weighted by Crippen LogP contribution is -1.86. The summed E-state index contributed by atoms with van der Waals surface area (Å²) in [5, 5.41) is 2.97. The second kappa shape index (κ2) is 2.92. The van der Waals surface area contributed by atoms with Gasteiger partial charge in [0.2, 0.25) is 11.7 Å². The zero-order valence-corrected chi connectivity index (χ0v) is 5.48. The molecule has 0 amide bonds. The third kappa shape index (κ3) is 1.41. The standard InChI is InChI=1S/C4H3ClF2N2O/c5-1-2-8-4(3(6)7)9-10-2/h3H,1H2. The summed E-state index contributed by atoms with van der Waals surface area (Å²) in [5.74, 6) is -0.646. The van der Waals surface area contributed by atoms with Gasteiger partial charge in [0.05, 0.1) is 0 Å². The number of aromatic nitrogens is 2. The molecule has 6 heteroatoms. The molecular weight excluding hydrogens is 166 g/mol. The highest BCUT2D eigenvalue weighted by atomic mass is 35.5. The van der Waals surface area contributed by atoms with Gasteiger partial charge in [-0.25, -0.2) is 8.78 Å². The molecule has 0 saturated carbocycles. The van der Waals surface area contributed by atoms with Crippen molar-refractivity contribution in [2.24, 2.45) is 0 Å². The van der Waals surface area contributed by atoms with Gasteiger partial charge in [0.15, 0.2) is 0 Å². The summed E-state index contributed by atoms with van der Waals surface area (Å²) in [7, 11) is 0. The molecule has 56 valence electrons. The highest BCUT2D eigenvalue weighted by molar-refractivity contribution is 6.16. The van der Waals surface area contributed by atoms with Gasteiger partial charge in [0.1, 0.15) is 5.88 Å². The molecule has 0 radical (unpaired) electrons. The van der Waals surface area contributed by atoms with Crippen molar-refractivity contribution in [2.75, 3.05) is 0 Å². The molecule has 1 aromatic heterocycles. The molecule has 0 aliphatic heterocycles. The lowest BCUT2D eigenvalue weighted by Gasteiger charge is -1.83. The van der Waals surface area contributed by atoms with Gasteiger partial charge in [-0.1, -0.05) is 5.16 Å². The summed E-state index contributed by atoms with van der Waals surface area (Å²) >= 11 is 5.20. The summed E-state index contributed by atoms with van der Waals surface area (Å²) in [5.41, 5.74) is 0. The van der Waals surface area contributed by atoms with E-state index < -0.39 is 12.2 Å². The molecule has 0 saturated heterocycles. The highest BCUT2D eigenvalue weighted by Crippen LogP contribution is 2.14. The van der Waals surface area contributed by atoms with Gasteiger partial charge in [-0.2, -0.15) is 4.98 Å². The Morgan fingerprint density at radius 3 is 2.60 bits per heavy atom.